The van der Waals surface area contributed by atoms with Gasteiger partial charge in [0.05, 0.1) is 0 Å². The minimum atomic E-state index is -4.97. The van der Waals surface area contributed by atoms with Crippen LogP contribution in [0.5, 0.6) is 5.75 Å². The molecule has 0 aliphatic carbocycles. The van der Waals surface area contributed by atoms with E-state index < -0.39 is 35.7 Å². The van der Waals surface area contributed by atoms with Crippen molar-refractivity contribution in [3.63, 3.8) is 0 Å². The second kappa shape index (κ2) is 8.02. The molecule has 1 amide bonds. The van der Waals surface area contributed by atoms with Crippen LogP contribution in [0.4, 0.5) is 31.1 Å². The van der Waals surface area contributed by atoms with E-state index in [9.17, 15) is 31.1 Å². The number of hydrogen-bond acceptors (Lipinski definition) is 3. The van der Waals surface area contributed by atoms with Gasteiger partial charge < -0.3 is 9.64 Å². The Balaban J connectivity index is 0.000000648. The van der Waals surface area contributed by atoms with Crippen molar-refractivity contribution in [2.45, 2.75) is 32.2 Å². The first-order valence-electron chi connectivity index (χ1n) is 6.73. The summed E-state index contributed by atoms with van der Waals surface area (Å²) in [5, 5.41) is 0. The molecule has 1 saturated heterocycles. The fraction of sp³-hybridized carbons (Fsp3) is 0.429. The van der Waals surface area contributed by atoms with Crippen molar-refractivity contribution in [1.29, 1.82) is 0 Å². The number of amides is 1. The second-order valence-corrected chi connectivity index (χ2v) is 4.88. The molecular weight excluding hydrogens is 344 g/mol. The molecule has 1 aliphatic heterocycles. The number of halogens is 6. The van der Waals surface area contributed by atoms with E-state index in [0.717, 1.165) is 31.0 Å². The molecule has 4 nitrogen and oxygen atoms in total. The lowest BCUT2D eigenvalue weighted by Crippen LogP contribution is -2.35. The van der Waals surface area contributed by atoms with Gasteiger partial charge in [-0.15, -0.1) is 22.0 Å². The smallest absolute Gasteiger partial charge is 0.405 e. The van der Waals surface area contributed by atoms with Crippen LogP contribution in [0.2, 0.25) is 0 Å². The normalized spacial score (nSPS) is 17.1. The zero-order valence-electron chi connectivity index (χ0n) is 12.4. The summed E-state index contributed by atoms with van der Waals surface area (Å²) in [4.78, 5) is 21.7. The summed E-state index contributed by atoms with van der Waals surface area (Å²) in [6.45, 7) is 2.18. The minimum absolute atomic E-state index is 0.124. The molecule has 0 spiro atoms. The molecule has 1 unspecified atom stereocenters. The summed E-state index contributed by atoms with van der Waals surface area (Å²) in [5.41, 5.74) is -0.668. The van der Waals surface area contributed by atoms with E-state index in [2.05, 4.69) is 4.74 Å². The van der Waals surface area contributed by atoms with Gasteiger partial charge in [0.25, 0.3) is 5.91 Å². The van der Waals surface area contributed by atoms with Crippen molar-refractivity contribution >= 4 is 12.2 Å². The molecule has 0 bridgehead atoms. The van der Waals surface area contributed by atoms with Crippen LogP contribution in [0.1, 0.15) is 30.1 Å². The number of hydrogen-bond donors (Lipinski definition) is 0. The van der Waals surface area contributed by atoms with Gasteiger partial charge in [-0.2, -0.15) is 0 Å². The van der Waals surface area contributed by atoms with Crippen molar-refractivity contribution < 1.29 is 40.7 Å². The fourth-order valence-electron chi connectivity index (χ4n) is 2.30. The molecule has 2 rings (SSSR count). The Hall–Kier alpha value is -2.26. The van der Waals surface area contributed by atoms with Crippen LogP contribution >= 0.6 is 0 Å². The molecule has 0 N–H and O–H groups in total. The predicted octanol–water partition coefficient (Wildman–Crippen LogP) is 4.39. The van der Waals surface area contributed by atoms with Crippen molar-refractivity contribution in [3.05, 3.63) is 29.6 Å². The number of alkyl halides is 3. The van der Waals surface area contributed by atoms with Crippen LogP contribution in [-0.4, -0.2) is 36.0 Å². The Morgan fingerprint density at radius 3 is 2.29 bits per heavy atom. The average molecular weight is 357 g/mol. The van der Waals surface area contributed by atoms with Gasteiger partial charge in [0.1, 0.15) is 17.1 Å². The van der Waals surface area contributed by atoms with Gasteiger partial charge in [-0.25, -0.2) is 9.18 Å². The van der Waals surface area contributed by atoms with Crippen molar-refractivity contribution in [3.8, 4) is 5.75 Å². The number of likely N-dealkylation sites (tertiary alicyclic amines) is 1. The highest BCUT2D eigenvalue weighted by Crippen LogP contribution is 2.30. The van der Waals surface area contributed by atoms with E-state index >= 15 is 0 Å². The molecule has 1 fully saturated rings. The number of benzene rings is 1. The zero-order valence-corrected chi connectivity index (χ0v) is 12.4. The van der Waals surface area contributed by atoms with Gasteiger partial charge in [-0.05, 0) is 31.9 Å². The summed E-state index contributed by atoms with van der Waals surface area (Å²) < 4.78 is 73.8. The molecule has 1 heterocycles. The molecule has 0 aromatic heterocycles. The van der Waals surface area contributed by atoms with E-state index in [1.54, 1.807) is 6.92 Å². The maximum atomic E-state index is 13.8. The highest BCUT2D eigenvalue weighted by atomic mass is 19.4. The topological polar surface area (TPSA) is 46.6 Å². The lowest BCUT2D eigenvalue weighted by Gasteiger charge is -2.23. The third-order valence-corrected chi connectivity index (χ3v) is 3.23. The highest BCUT2D eigenvalue weighted by molar-refractivity contribution is 5.97. The molecule has 0 radical (unpaired) electrons. The number of nitrogens with zero attached hydrogens (tertiary/aromatic N) is 1. The first kappa shape index (κ1) is 19.8. The zero-order chi connectivity index (χ0) is 18.5. The Labute approximate surface area is 133 Å². The SMILES string of the molecule is CC1CCCN1C(=O)c1c(F)cccc1OC(F)(F)F.O=C(F)F. The molecule has 1 aromatic rings. The van der Waals surface area contributed by atoms with Gasteiger partial charge in [0.15, 0.2) is 0 Å². The standard InChI is InChI=1S/C13H13F4NO2.CF2O/c1-8-4-3-7-18(8)12(19)11-9(14)5-2-6-10(11)20-13(15,16)17;2-1(3)4/h2,5-6,8H,3-4,7H2,1H3;. The van der Waals surface area contributed by atoms with Gasteiger partial charge in [0.2, 0.25) is 0 Å². The number of ether oxygens (including phenoxy) is 1. The van der Waals surface area contributed by atoms with Crippen molar-refractivity contribution in [1.82, 2.24) is 4.90 Å². The molecule has 1 atom stereocenters. The van der Waals surface area contributed by atoms with Gasteiger partial charge in [0, 0.05) is 12.6 Å². The molecule has 24 heavy (non-hydrogen) atoms. The first-order valence-corrected chi connectivity index (χ1v) is 6.73. The van der Waals surface area contributed by atoms with Crippen molar-refractivity contribution in [2.75, 3.05) is 6.54 Å². The quantitative estimate of drug-likeness (QED) is 0.582. The van der Waals surface area contributed by atoms with Crippen LogP contribution in [0, 0.1) is 5.82 Å². The second-order valence-electron chi connectivity index (χ2n) is 4.88. The Morgan fingerprint density at radius 2 is 1.83 bits per heavy atom. The van der Waals surface area contributed by atoms with Gasteiger partial charge in [-0.3, -0.25) is 4.79 Å². The summed E-state index contributed by atoms with van der Waals surface area (Å²) >= 11 is 0. The Kier molecular flexibility index (Phi) is 6.61. The summed E-state index contributed by atoms with van der Waals surface area (Å²) in [6, 6.07) is 2.82. The lowest BCUT2D eigenvalue weighted by molar-refractivity contribution is -0.274. The third kappa shape index (κ3) is 5.74. The minimum Gasteiger partial charge on any atom is -0.405 e. The predicted molar refractivity (Wildman–Crippen MR) is 70.4 cm³/mol. The molecule has 1 aliphatic rings. The largest absolute Gasteiger partial charge is 0.573 e. The van der Waals surface area contributed by atoms with E-state index in [1.165, 1.54) is 4.90 Å². The summed E-state index contributed by atoms with van der Waals surface area (Å²) in [7, 11) is 0. The lowest BCUT2D eigenvalue weighted by atomic mass is 10.1. The summed E-state index contributed by atoms with van der Waals surface area (Å²) in [5.74, 6) is -2.59. The van der Waals surface area contributed by atoms with Crippen LogP contribution in [0.3, 0.4) is 0 Å². The van der Waals surface area contributed by atoms with Crippen LogP contribution < -0.4 is 4.74 Å². The van der Waals surface area contributed by atoms with Crippen LogP contribution in [0.15, 0.2) is 18.2 Å². The highest BCUT2D eigenvalue weighted by Gasteiger charge is 2.36. The number of carbonyl (C=O) groups excluding carboxylic acids is 2. The maximum absolute atomic E-state index is 13.8. The monoisotopic (exact) mass is 357 g/mol. The molecular formula is C14H13F6NO3. The van der Waals surface area contributed by atoms with Gasteiger partial charge in [-0.1, -0.05) is 6.07 Å². The molecule has 1 aromatic carbocycles. The van der Waals surface area contributed by atoms with E-state index in [-0.39, 0.29) is 6.04 Å². The molecule has 134 valence electrons. The molecule has 0 saturated carbocycles. The van der Waals surface area contributed by atoms with Crippen molar-refractivity contribution in [2.24, 2.45) is 0 Å². The van der Waals surface area contributed by atoms with E-state index in [4.69, 9.17) is 4.79 Å². The van der Waals surface area contributed by atoms with E-state index in [0.29, 0.717) is 6.54 Å². The summed E-state index contributed by atoms with van der Waals surface area (Å²) in [6.07, 6.45) is -6.31. The number of rotatable bonds is 2. The average Bonchev–Trinajstić information content (AvgIpc) is 2.82. The first-order chi connectivity index (χ1) is 11.0. The van der Waals surface area contributed by atoms with Crippen LogP contribution in [0.25, 0.3) is 0 Å². The van der Waals surface area contributed by atoms with E-state index in [1.807, 2.05) is 0 Å². The Morgan fingerprint density at radius 1 is 1.25 bits per heavy atom. The third-order valence-electron chi connectivity index (χ3n) is 3.23. The fourth-order valence-corrected chi connectivity index (χ4v) is 2.30. The molecule has 10 heteroatoms. The number of carbonyl (C=O) groups is 2. The van der Waals surface area contributed by atoms with Gasteiger partial charge >= 0.3 is 12.7 Å². The Bertz CT molecular complexity index is 601. The van der Waals surface area contributed by atoms with Crippen LogP contribution in [-0.2, 0) is 0 Å². The maximum Gasteiger partial charge on any atom is 0.573 e.